The quantitative estimate of drug-likeness (QED) is 0.430. The van der Waals surface area contributed by atoms with E-state index >= 15 is 0 Å². The molecule has 0 unspecified atom stereocenters. The molecule has 0 aromatic heterocycles. The molecule has 2 heteroatoms. The number of hydrogen-bond donors (Lipinski definition) is 0. The standard InChI is InChI=1S/C8H14O2/c1-5-6-7(2)8(9-3)10-4/h5,8H,1-2,6H2,3-4H3. The van der Waals surface area contributed by atoms with Crippen LogP contribution in [0.4, 0.5) is 0 Å². The van der Waals surface area contributed by atoms with Crippen LogP contribution >= 0.6 is 0 Å². The van der Waals surface area contributed by atoms with Gasteiger partial charge in [0, 0.05) is 14.2 Å². The van der Waals surface area contributed by atoms with Gasteiger partial charge < -0.3 is 9.47 Å². The topological polar surface area (TPSA) is 18.5 Å². The molecule has 0 radical (unpaired) electrons. The predicted molar refractivity (Wildman–Crippen MR) is 41.8 cm³/mol. The van der Waals surface area contributed by atoms with E-state index in [4.69, 9.17) is 9.47 Å². The average molecular weight is 142 g/mol. The minimum Gasteiger partial charge on any atom is -0.352 e. The minimum atomic E-state index is -0.294. The maximum Gasteiger partial charge on any atom is 0.179 e. The molecule has 0 atom stereocenters. The van der Waals surface area contributed by atoms with Gasteiger partial charge in [0.25, 0.3) is 0 Å². The fourth-order valence-corrected chi connectivity index (χ4v) is 0.711. The van der Waals surface area contributed by atoms with Gasteiger partial charge in [-0.3, -0.25) is 0 Å². The first kappa shape index (κ1) is 9.40. The van der Waals surface area contributed by atoms with Gasteiger partial charge in [0.05, 0.1) is 0 Å². The molecule has 0 rings (SSSR count). The molecule has 0 fully saturated rings. The van der Waals surface area contributed by atoms with Crippen LogP contribution < -0.4 is 0 Å². The number of rotatable bonds is 5. The highest BCUT2D eigenvalue weighted by Crippen LogP contribution is 2.08. The summed E-state index contributed by atoms with van der Waals surface area (Å²) >= 11 is 0. The Labute approximate surface area is 62.1 Å². The van der Waals surface area contributed by atoms with Crippen molar-refractivity contribution < 1.29 is 9.47 Å². The summed E-state index contributed by atoms with van der Waals surface area (Å²) in [6.07, 6.45) is 2.21. The van der Waals surface area contributed by atoms with Crippen molar-refractivity contribution in [1.82, 2.24) is 0 Å². The molecule has 58 valence electrons. The Kier molecular flexibility index (Phi) is 4.89. The molecule has 0 aliphatic heterocycles. The molecule has 0 N–H and O–H groups in total. The fraction of sp³-hybridized carbons (Fsp3) is 0.500. The summed E-state index contributed by atoms with van der Waals surface area (Å²) in [4.78, 5) is 0. The summed E-state index contributed by atoms with van der Waals surface area (Å²) in [6.45, 7) is 7.34. The van der Waals surface area contributed by atoms with Gasteiger partial charge in [-0.25, -0.2) is 0 Å². The molecule has 0 aromatic carbocycles. The zero-order valence-electron chi connectivity index (χ0n) is 6.59. The maximum atomic E-state index is 4.94. The Morgan fingerprint density at radius 2 is 2.00 bits per heavy atom. The lowest BCUT2D eigenvalue weighted by atomic mass is 10.2. The Bertz CT molecular complexity index is 114. The number of allylic oxidation sites excluding steroid dienone is 1. The molecule has 0 aromatic rings. The number of hydrogen-bond acceptors (Lipinski definition) is 2. The largest absolute Gasteiger partial charge is 0.352 e. The van der Waals surface area contributed by atoms with Crippen LogP contribution in [0.1, 0.15) is 6.42 Å². The monoisotopic (exact) mass is 142 g/mol. The molecule has 0 amide bonds. The van der Waals surface area contributed by atoms with Gasteiger partial charge in [-0.1, -0.05) is 12.7 Å². The van der Waals surface area contributed by atoms with Crippen molar-refractivity contribution in [2.24, 2.45) is 0 Å². The molecule has 2 nitrogen and oxygen atoms in total. The van der Waals surface area contributed by atoms with Gasteiger partial charge in [-0.2, -0.15) is 0 Å². The van der Waals surface area contributed by atoms with E-state index in [1.54, 1.807) is 20.3 Å². The van der Waals surface area contributed by atoms with E-state index in [-0.39, 0.29) is 6.29 Å². The van der Waals surface area contributed by atoms with Gasteiger partial charge in [0.2, 0.25) is 0 Å². The van der Waals surface area contributed by atoms with Crippen LogP contribution in [0.5, 0.6) is 0 Å². The SMILES string of the molecule is C=CCC(=C)C(OC)OC. The molecule has 0 aliphatic rings. The van der Waals surface area contributed by atoms with E-state index in [9.17, 15) is 0 Å². The van der Waals surface area contributed by atoms with E-state index in [0.717, 1.165) is 12.0 Å². The number of ether oxygens (including phenoxy) is 2. The molecular formula is C8H14O2. The van der Waals surface area contributed by atoms with Crippen molar-refractivity contribution in [3.8, 4) is 0 Å². The van der Waals surface area contributed by atoms with E-state index in [2.05, 4.69) is 13.2 Å². The molecule has 0 aliphatic carbocycles. The molecule has 0 spiro atoms. The van der Waals surface area contributed by atoms with Crippen LogP contribution in [0.25, 0.3) is 0 Å². The van der Waals surface area contributed by atoms with Gasteiger partial charge in [0.15, 0.2) is 6.29 Å². The highest BCUT2D eigenvalue weighted by molar-refractivity contribution is 5.03. The van der Waals surface area contributed by atoms with Crippen molar-refractivity contribution in [3.05, 3.63) is 24.8 Å². The van der Waals surface area contributed by atoms with E-state index in [1.807, 2.05) is 0 Å². The summed E-state index contributed by atoms with van der Waals surface area (Å²) in [5, 5.41) is 0. The zero-order valence-corrected chi connectivity index (χ0v) is 6.59. The normalized spacial score (nSPS) is 9.90. The van der Waals surface area contributed by atoms with Crippen LogP contribution in [0, 0.1) is 0 Å². The summed E-state index contributed by atoms with van der Waals surface area (Å²) in [7, 11) is 3.17. The van der Waals surface area contributed by atoms with Crippen LogP contribution in [0.3, 0.4) is 0 Å². The average Bonchev–Trinajstić information content (AvgIpc) is 1.91. The highest BCUT2D eigenvalue weighted by Gasteiger charge is 2.06. The molecule has 0 heterocycles. The van der Waals surface area contributed by atoms with Crippen LogP contribution in [0.2, 0.25) is 0 Å². The van der Waals surface area contributed by atoms with E-state index < -0.39 is 0 Å². The Balaban J connectivity index is 3.76. The lowest BCUT2D eigenvalue weighted by Crippen LogP contribution is -2.14. The van der Waals surface area contributed by atoms with Crippen molar-refractivity contribution in [3.63, 3.8) is 0 Å². The van der Waals surface area contributed by atoms with E-state index in [0.29, 0.717) is 0 Å². The Morgan fingerprint density at radius 3 is 2.30 bits per heavy atom. The minimum absolute atomic E-state index is 0.294. The highest BCUT2D eigenvalue weighted by atomic mass is 16.7. The van der Waals surface area contributed by atoms with Gasteiger partial charge in [-0.05, 0) is 12.0 Å². The van der Waals surface area contributed by atoms with Crippen molar-refractivity contribution in [1.29, 1.82) is 0 Å². The molecule has 0 saturated carbocycles. The molecular weight excluding hydrogens is 128 g/mol. The first-order valence-corrected chi connectivity index (χ1v) is 3.10. The van der Waals surface area contributed by atoms with Crippen molar-refractivity contribution in [2.45, 2.75) is 12.7 Å². The van der Waals surface area contributed by atoms with Gasteiger partial charge in [0.1, 0.15) is 0 Å². The summed E-state index contributed by atoms with van der Waals surface area (Å²) < 4.78 is 9.89. The maximum absolute atomic E-state index is 4.94. The summed E-state index contributed by atoms with van der Waals surface area (Å²) in [5.41, 5.74) is 0.889. The Morgan fingerprint density at radius 1 is 1.50 bits per heavy atom. The first-order chi connectivity index (χ1) is 4.76. The second-order valence-corrected chi connectivity index (χ2v) is 1.95. The second-order valence-electron chi connectivity index (χ2n) is 1.95. The summed E-state index contributed by atoms with van der Waals surface area (Å²) in [5.74, 6) is 0. The number of methoxy groups -OCH3 is 2. The molecule has 0 bridgehead atoms. The second kappa shape index (κ2) is 5.21. The zero-order chi connectivity index (χ0) is 7.98. The van der Waals surface area contributed by atoms with Crippen LogP contribution in [-0.4, -0.2) is 20.5 Å². The third-order valence-corrected chi connectivity index (χ3v) is 1.17. The Hall–Kier alpha value is -0.600. The fourth-order valence-electron chi connectivity index (χ4n) is 0.711. The molecule has 0 saturated heterocycles. The van der Waals surface area contributed by atoms with Crippen molar-refractivity contribution in [2.75, 3.05) is 14.2 Å². The molecule has 10 heavy (non-hydrogen) atoms. The third kappa shape index (κ3) is 2.80. The lowest BCUT2D eigenvalue weighted by molar-refractivity contribution is -0.0755. The van der Waals surface area contributed by atoms with Crippen molar-refractivity contribution >= 4 is 0 Å². The van der Waals surface area contributed by atoms with Gasteiger partial charge >= 0.3 is 0 Å². The van der Waals surface area contributed by atoms with Crippen LogP contribution in [-0.2, 0) is 9.47 Å². The third-order valence-electron chi connectivity index (χ3n) is 1.17. The van der Waals surface area contributed by atoms with Crippen LogP contribution in [0.15, 0.2) is 24.8 Å². The predicted octanol–water partition coefficient (Wildman–Crippen LogP) is 1.74. The lowest BCUT2D eigenvalue weighted by Gasteiger charge is -2.14. The first-order valence-electron chi connectivity index (χ1n) is 3.10. The smallest absolute Gasteiger partial charge is 0.179 e. The summed E-state index contributed by atoms with van der Waals surface area (Å²) in [6, 6.07) is 0. The van der Waals surface area contributed by atoms with Gasteiger partial charge in [-0.15, -0.1) is 6.58 Å². The van der Waals surface area contributed by atoms with E-state index in [1.165, 1.54) is 0 Å².